The van der Waals surface area contributed by atoms with Gasteiger partial charge in [-0.15, -0.1) is 0 Å². The normalized spacial score (nSPS) is 43.4. The van der Waals surface area contributed by atoms with Crippen LogP contribution in [-0.2, 0) is 14.3 Å². The first-order chi connectivity index (χ1) is 6.43. The van der Waals surface area contributed by atoms with E-state index in [0.29, 0.717) is 0 Å². The monoisotopic (exact) mass is 206 g/mol. The van der Waals surface area contributed by atoms with Crippen molar-refractivity contribution in [3.8, 4) is 0 Å². The van der Waals surface area contributed by atoms with Crippen LogP contribution in [0.15, 0.2) is 0 Å². The molecular formula is C8H14O6. The summed E-state index contributed by atoms with van der Waals surface area (Å²) < 4.78 is 9.46. The predicted octanol–water partition coefficient (Wildman–Crippen LogP) is -1.62. The van der Waals surface area contributed by atoms with E-state index in [4.69, 9.17) is 4.74 Å². The van der Waals surface area contributed by atoms with Gasteiger partial charge in [0.2, 0.25) is 0 Å². The molecule has 0 aromatic carbocycles. The Morgan fingerprint density at radius 3 is 2.36 bits per heavy atom. The summed E-state index contributed by atoms with van der Waals surface area (Å²) in [5.74, 6) is -0.654. The summed E-state index contributed by atoms with van der Waals surface area (Å²) in [5, 5.41) is 28.1. The molecule has 0 radical (unpaired) electrons. The molecule has 0 aromatic heterocycles. The van der Waals surface area contributed by atoms with E-state index in [9.17, 15) is 20.1 Å². The van der Waals surface area contributed by atoms with Crippen LogP contribution >= 0.6 is 0 Å². The number of ether oxygens (including phenoxy) is 2. The molecule has 6 nitrogen and oxygen atoms in total. The number of hydrogen-bond donors (Lipinski definition) is 3. The molecule has 0 amide bonds. The Balaban J connectivity index is 2.68. The highest BCUT2D eigenvalue weighted by molar-refractivity contribution is 5.66. The van der Waals surface area contributed by atoms with Crippen LogP contribution in [0.5, 0.6) is 0 Å². The lowest BCUT2D eigenvalue weighted by Gasteiger charge is -2.38. The molecule has 1 aliphatic rings. The molecule has 1 saturated heterocycles. The average molecular weight is 206 g/mol. The van der Waals surface area contributed by atoms with E-state index in [1.807, 2.05) is 0 Å². The highest BCUT2D eigenvalue weighted by atomic mass is 16.7. The van der Waals surface area contributed by atoms with Crippen LogP contribution in [0, 0.1) is 0 Å². The van der Waals surface area contributed by atoms with E-state index >= 15 is 0 Å². The van der Waals surface area contributed by atoms with Gasteiger partial charge in [0.15, 0.2) is 12.4 Å². The summed E-state index contributed by atoms with van der Waals surface area (Å²) in [6.45, 7) is 2.64. The first kappa shape index (κ1) is 11.4. The minimum atomic E-state index is -1.41. The molecule has 1 aliphatic heterocycles. The van der Waals surface area contributed by atoms with Crippen molar-refractivity contribution in [3.05, 3.63) is 0 Å². The fourth-order valence-corrected chi connectivity index (χ4v) is 1.34. The van der Waals surface area contributed by atoms with Gasteiger partial charge in [-0.1, -0.05) is 0 Å². The molecule has 0 bridgehead atoms. The van der Waals surface area contributed by atoms with Gasteiger partial charge in [-0.2, -0.15) is 0 Å². The molecule has 14 heavy (non-hydrogen) atoms. The molecule has 0 saturated carbocycles. The highest BCUT2D eigenvalue weighted by Crippen LogP contribution is 2.21. The zero-order valence-electron chi connectivity index (χ0n) is 7.95. The lowest BCUT2D eigenvalue weighted by atomic mass is 10.00. The molecule has 0 aromatic rings. The number of carbonyl (C=O) groups is 1. The summed E-state index contributed by atoms with van der Waals surface area (Å²) in [6.07, 6.45) is -5.86. The van der Waals surface area contributed by atoms with Gasteiger partial charge in [-0.3, -0.25) is 4.79 Å². The molecule has 0 spiro atoms. The number of carbonyl (C=O) groups excluding carboxylic acids is 1. The molecular weight excluding hydrogens is 192 g/mol. The highest BCUT2D eigenvalue weighted by Gasteiger charge is 2.43. The van der Waals surface area contributed by atoms with Crippen LogP contribution in [0.2, 0.25) is 0 Å². The number of esters is 1. The molecule has 5 atom stereocenters. The maximum Gasteiger partial charge on any atom is 0.303 e. The van der Waals surface area contributed by atoms with Crippen molar-refractivity contribution in [2.75, 3.05) is 0 Å². The fraction of sp³-hybridized carbons (Fsp3) is 0.875. The summed E-state index contributed by atoms with van der Waals surface area (Å²) in [6, 6.07) is 0. The van der Waals surface area contributed by atoms with Gasteiger partial charge in [0.05, 0.1) is 6.10 Å². The smallest absolute Gasteiger partial charge is 0.303 e. The van der Waals surface area contributed by atoms with Crippen molar-refractivity contribution >= 4 is 5.97 Å². The van der Waals surface area contributed by atoms with Crippen LogP contribution in [-0.4, -0.2) is 52.0 Å². The van der Waals surface area contributed by atoms with Crippen molar-refractivity contribution < 1.29 is 29.6 Å². The summed E-state index contributed by atoms with van der Waals surface area (Å²) >= 11 is 0. The van der Waals surface area contributed by atoms with E-state index in [0.717, 1.165) is 6.92 Å². The maximum atomic E-state index is 10.6. The maximum absolute atomic E-state index is 10.6. The molecule has 1 fully saturated rings. The Morgan fingerprint density at radius 2 is 1.86 bits per heavy atom. The van der Waals surface area contributed by atoms with E-state index in [1.165, 1.54) is 6.92 Å². The van der Waals surface area contributed by atoms with Crippen LogP contribution in [0.25, 0.3) is 0 Å². The predicted molar refractivity (Wildman–Crippen MR) is 44.1 cm³/mol. The van der Waals surface area contributed by atoms with Crippen LogP contribution < -0.4 is 0 Å². The number of aliphatic hydroxyl groups is 3. The second kappa shape index (κ2) is 4.22. The van der Waals surface area contributed by atoms with E-state index in [-0.39, 0.29) is 0 Å². The van der Waals surface area contributed by atoms with Crippen molar-refractivity contribution in [1.82, 2.24) is 0 Å². The van der Waals surface area contributed by atoms with Gasteiger partial charge in [0.25, 0.3) is 0 Å². The first-order valence-corrected chi connectivity index (χ1v) is 4.30. The van der Waals surface area contributed by atoms with Crippen molar-refractivity contribution in [3.63, 3.8) is 0 Å². The Labute approximate surface area is 81.1 Å². The number of hydrogen-bond acceptors (Lipinski definition) is 6. The third-order valence-corrected chi connectivity index (χ3v) is 2.10. The minimum Gasteiger partial charge on any atom is -0.454 e. The van der Waals surface area contributed by atoms with Crippen molar-refractivity contribution in [2.24, 2.45) is 0 Å². The Hall–Kier alpha value is -0.690. The van der Waals surface area contributed by atoms with E-state index in [1.54, 1.807) is 0 Å². The lowest BCUT2D eigenvalue weighted by Crippen LogP contribution is -2.57. The topological polar surface area (TPSA) is 96.2 Å². The van der Waals surface area contributed by atoms with E-state index < -0.39 is 36.7 Å². The second-order valence-corrected chi connectivity index (χ2v) is 3.29. The molecule has 0 aliphatic carbocycles. The van der Waals surface area contributed by atoms with Crippen molar-refractivity contribution in [2.45, 2.75) is 44.6 Å². The third kappa shape index (κ3) is 2.21. The largest absolute Gasteiger partial charge is 0.454 e. The summed E-state index contributed by atoms with van der Waals surface area (Å²) in [4.78, 5) is 10.6. The summed E-state index contributed by atoms with van der Waals surface area (Å²) in [7, 11) is 0. The Morgan fingerprint density at radius 1 is 1.29 bits per heavy atom. The zero-order chi connectivity index (χ0) is 10.9. The second-order valence-electron chi connectivity index (χ2n) is 3.29. The Kier molecular flexibility index (Phi) is 3.43. The van der Waals surface area contributed by atoms with Crippen LogP contribution in [0.4, 0.5) is 0 Å². The molecule has 1 rings (SSSR count). The van der Waals surface area contributed by atoms with Gasteiger partial charge in [-0.25, -0.2) is 0 Å². The number of rotatable bonds is 1. The Bertz CT molecular complexity index is 218. The van der Waals surface area contributed by atoms with E-state index in [2.05, 4.69) is 4.74 Å². The van der Waals surface area contributed by atoms with Crippen molar-refractivity contribution in [1.29, 1.82) is 0 Å². The van der Waals surface area contributed by atoms with Gasteiger partial charge in [0.1, 0.15) is 12.2 Å². The molecule has 6 heteroatoms. The zero-order valence-corrected chi connectivity index (χ0v) is 7.95. The van der Waals surface area contributed by atoms with Crippen LogP contribution in [0.1, 0.15) is 13.8 Å². The standard InChI is InChI=1S/C8H14O6/c1-3-5(10)6(11)7(8(12)13-3)14-4(2)9/h3,5-8,10-12H,1-2H3. The summed E-state index contributed by atoms with van der Waals surface area (Å²) in [5.41, 5.74) is 0. The average Bonchev–Trinajstić information content (AvgIpc) is 2.09. The molecule has 82 valence electrons. The quantitative estimate of drug-likeness (QED) is 0.446. The first-order valence-electron chi connectivity index (χ1n) is 4.30. The van der Waals surface area contributed by atoms with Crippen LogP contribution in [0.3, 0.4) is 0 Å². The molecule has 1 heterocycles. The molecule has 3 N–H and O–H groups in total. The number of aliphatic hydroxyl groups excluding tert-OH is 3. The SMILES string of the molecule is CC(=O)OC1C(O)OC(C)C(O)C1O. The fourth-order valence-electron chi connectivity index (χ4n) is 1.34. The van der Waals surface area contributed by atoms with Gasteiger partial charge in [0, 0.05) is 6.92 Å². The van der Waals surface area contributed by atoms with Gasteiger partial charge < -0.3 is 24.8 Å². The lowest BCUT2D eigenvalue weighted by molar-refractivity contribution is -0.282. The van der Waals surface area contributed by atoms with Gasteiger partial charge >= 0.3 is 5.97 Å². The molecule has 5 unspecified atom stereocenters. The third-order valence-electron chi connectivity index (χ3n) is 2.10. The minimum absolute atomic E-state index is 0.654. The van der Waals surface area contributed by atoms with Gasteiger partial charge in [-0.05, 0) is 6.92 Å².